The van der Waals surface area contributed by atoms with Crippen LogP contribution in [0.1, 0.15) is 85.8 Å². The van der Waals surface area contributed by atoms with Crippen molar-refractivity contribution in [2.24, 2.45) is 17.3 Å². The minimum atomic E-state index is -2.02. The molecule has 0 amide bonds. The highest BCUT2D eigenvalue weighted by atomic mass is 28.3. The van der Waals surface area contributed by atoms with E-state index in [0.29, 0.717) is 29.2 Å². The van der Waals surface area contributed by atoms with Crippen LogP contribution < -0.4 is 5.19 Å². The van der Waals surface area contributed by atoms with E-state index in [9.17, 15) is 5.11 Å². The van der Waals surface area contributed by atoms with Crippen LogP contribution in [0, 0.1) is 24.2 Å². The lowest BCUT2D eigenvalue weighted by molar-refractivity contribution is 0.209. The third-order valence-corrected chi connectivity index (χ3v) is 15.8. The third-order valence-electron chi connectivity index (χ3n) is 9.76. The summed E-state index contributed by atoms with van der Waals surface area (Å²) in [6.45, 7) is 23.4. The molecule has 1 aromatic rings. The van der Waals surface area contributed by atoms with Crippen LogP contribution in [-0.2, 0) is 5.41 Å². The number of likely N-dealkylation sites (tertiary alicyclic amines) is 1. The Morgan fingerprint density at radius 3 is 2.11 bits per heavy atom. The summed E-state index contributed by atoms with van der Waals surface area (Å²) in [5, 5.41) is 13.2. The van der Waals surface area contributed by atoms with Crippen LogP contribution in [0.3, 0.4) is 0 Å². The van der Waals surface area contributed by atoms with Crippen LogP contribution >= 0.6 is 0 Å². The Hall–Kier alpha value is -1.32. The Morgan fingerprint density at radius 1 is 0.943 bits per heavy atom. The van der Waals surface area contributed by atoms with Gasteiger partial charge in [0.05, 0.1) is 8.07 Å². The summed E-state index contributed by atoms with van der Waals surface area (Å²) in [4.78, 5) is 2.82. The van der Waals surface area contributed by atoms with Gasteiger partial charge in [0.1, 0.15) is 5.75 Å². The molecule has 0 aromatic heterocycles. The molecule has 1 aromatic carbocycles. The van der Waals surface area contributed by atoms with E-state index >= 15 is 0 Å². The van der Waals surface area contributed by atoms with Crippen molar-refractivity contribution in [2.75, 3.05) is 13.1 Å². The van der Waals surface area contributed by atoms with Crippen LogP contribution in [0.25, 0.3) is 0 Å². The van der Waals surface area contributed by atoms with Crippen LogP contribution in [0.5, 0.6) is 5.75 Å². The predicted octanol–water partition coefficient (Wildman–Crippen LogP) is 7.71. The largest absolute Gasteiger partial charge is 0.508 e. The van der Waals surface area contributed by atoms with Gasteiger partial charge in [-0.05, 0) is 83.8 Å². The number of nitrogens with zero attached hydrogens (tertiary/aromatic N) is 1. The van der Waals surface area contributed by atoms with Gasteiger partial charge < -0.3 is 5.11 Å². The Morgan fingerprint density at radius 2 is 1.57 bits per heavy atom. The van der Waals surface area contributed by atoms with Gasteiger partial charge in [0.2, 0.25) is 0 Å². The highest BCUT2D eigenvalue weighted by Crippen LogP contribution is 2.55. The van der Waals surface area contributed by atoms with Crippen LogP contribution in [0.4, 0.5) is 0 Å². The maximum atomic E-state index is 11.9. The molecule has 194 valence electrons. The van der Waals surface area contributed by atoms with Gasteiger partial charge >= 0.3 is 0 Å². The first-order valence-corrected chi connectivity index (χ1v) is 16.8. The molecular weight excluding hydrogens is 442 g/mol. The third kappa shape index (κ3) is 4.72. The first-order valence-electron chi connectivity index (χ1n) is 14.3. The number of fused-ring (bicyclic) bond motifs is 1. The molecule has 4 rings (SSSR count). The number of phenols is 1. The van der Waals surface area contributed by atoms with Crippen molar-refractivity contribution in [2.45, 2.75) is 111 Å². The second kappa shape index (κ2) is 9.52. The molecule has 3 heteroatoms. The zero-order chi connectivity index (χ0) is 25.8. The molecule has 0 radical (unpaired) electrons. The standard InChI is InChI=1S/C32H51NOSi/c1-10-35(11-2,29-19-22(3)18-26(30(29)34)32(7,8)9)28-21-27(33-16-12-13-17-33)24-15-14-23(20-25(24)28)31(4,5)6/h14-15,18-20,24-25,27-28,34H,10-13,16-17,21H2,1-9H3. The molecule has 3 aliphatic rings. The normalized spacial score (nSPS) is 27.9. The fraction of sp³-hybridized carbons (Fsp3) is 0.688. The van der Waals surface area contributed by atoms with Crippen LogP contribution in [0.15, 0.2) is 35.9 Å². The molecule has 1 saturated carbocycles. The first-order chi connectivity index (χ1) is 16.3. The van der Waals surface area contributed by atoms with Crippen LogP contribution in [0.2, 0.25) is 17.6 Å². The smallest absolute Gasteiger partial charge is 0.118 e. The van der Waals surface area contributed by atoms with E-state index in [0.717, 1.165) is 5.56 Å². The van der Waals surface area contributed by atoms with Gasteiger partial charge in [0.25, 0.3) is 0 Å². The van der Waals surface area contributed by atoms with E-state index in [1.807, 2.05) is 0 Å². The van der Waals surface area contributed by atoms with Gasteiger partial charge in [0.15, 0.2) is 0 Å². The highest BCUT2D eigenvalue weighted by Gasteiger charge is 2.54. The molecule has 2 fully saturated rings. The summed E-state index contributed by atoms with van der Waals surface area (Å²) in [6, 6.07) is 7.67. The maximum absolute atomic E-state index is 11.9. The zero-order valence-electron chi connectivity index (χ0n) is 24.0. The number of phenolic OH excluding ortho intramolecular Hbond substituents is 1. The fourth-order valence-electron chi connectivity index (χ4n) is 7.71. The summed E-state index contributed by atoms with van der Waals surface area (Å²) in [5.74, 6) is 1.82. The molecule has 1 saturated heterocycles. The predicted molar refractivity (Wildman–Crippen MR) is 155 cm³/mol. The second-order valence-corrected chi connectivity index (χ2v) is 18.9. The quantitative estimate of drug-likeness (QED) is 0.425. The lowest BCUT2D eigenvalue weighted by atomic mass is 9.77. The number of rotatable bonds is 5. The summed E-state index contributed by atoms with van der Waals surface area (Å²) in [5.41, 5.74) is 4.72. The average Bonchev–Trinajstić information content (AvgIpc) is 3.44. The first kappa shape index (κ1) is 26.7. The summed E-state index contributed by atoms with van der Waals surface area (Å²) in [6.07, 6.45) is 11.7. The zero-order valence-corrected chi connectivity index (χ0v) is 25.0. The number of aryl methyl sites for hydroxylation is 1. The Kier molecular flexibility index (Phi) is 7.27. The molecule has 4 atom stereocenters. The van der Waals surface area contributed by atoms with Gasteiger partial charge in [-0.3, -0.25) is 4.90 Å². The maximum Gasteiger partial charge on any atom is 0.118 e. The molecule has 1 heterocycles. The Balaban J connectivity index is 1.88. The molecule has 2 nitrogen and oxygen atoms in total. The second-order valence-electron chi connectivity index (χ2n) is 13.9. The SMILES string of the molecule is CC[Si](CC)(c1cc(C)cc(C(C)(C)C)c1O)C1CC(N2CCCC2)C2C=CC(C(C)(C)C)=CC21. The van der Waals surface area contributed by atoms with Gasteiger partial charge in [-0.25, -0.2) is 0 Å². The molecular formula is C32H51NOSi. The van der Waals surface area contributed by atoms with Crippen molar-refractivity contribution in [1.29, 1.82) is 0 Å². The van der Waals surface area contributed by atoms with Crippen molar-refractivity contribution in [3.05, 3.63) is 47.1 Å². The molecule has 0 spiro atoms. The van der Waals surface area contributed by atoms with Gasteiger partial charge in [-0.15, -0.1) is 0 Å². The Bertz CT molecular complexity index is 982. The van der Waals surface area contributed by atoms with E-state index in [4.69, 9.17) is 0 Å². The minimum absolute atomic E-state index is 0.0599. The van der Waals surface area contributed by atoms with E-state index in [2.05, 4.69) is 97.6 Å². The number of benzene rings is 1. The van der Waals surface area contributed by atoms with E-state index < -0.39 is 8.07 Å². The molecule has 35 heavy (non-hydrogen) atoms. The lowest BCUT2D eigenvalue weighted by Gasteiger charge is -2.42. The van der Waals surface area contributed by atoms with Crippen molar-refractivity contribution in [3.63, 3.8) is 0 Å². The van der Waals surface area contributed by atoms with E-state index in [1.54, 1.807) is 0 Å². The Labute approximate surface area is 216 Å². The van der Waals surface area contributed by atoms with Crippen LogP contribution in [-0.4, -0.2) is 37.2 Å². The van der Waals surface area contributed by atoms with Crippen molar-refractivity contribution in [3.8, 4) is 5.75 Å². The summed E-state index contributed by atoms with van der Waals surface area (Å²) >= 11 is 0. The fourth-order valence-corrected chi connectivity index (χ4v) is 13.3. The average molecular weight is 494 g/mol. The number of hydrogen-bond acceptors (Lipinski definition) is 2. The summed E-state index contributed by atoms with van der Waals surface area (Å²) < 4.78 is 0. The van der Waals surface area contributed by atoms with E-state index in [1.165, 1.54) is 60.8 Å². The van der Waals surface area contributed by atoms with Gasteiger partial charge in [-0.1, -0.05) is 103 Å². The number of aromatic hydroxyl groups is 1. The number of hydrogen-bond donors (Lipinski definition) is 1. The molecule has 1 aliphatic heterocycles. The van der Waals surface area contributed by atoms with Crippen molar-refractivity contribution in [1.82, 2.24) is 4.90 Å². The van der Waals surface area contributed by atoms with Gasteiger partial charge in [-0.2, -0.15) is 0 Å². The van der Waals surface area contributed by atoms with E-state index in [-0.39, 0.29) is 10.8 Å². The summed E-state index contributed by atoms with van der Waals surface area (Å²) in [7, 11) is -2.02. The lowest BCUT2D eigenvalue weighted by Crippen LogP contribution is -2.52. The molecule has 1 N–H and O–H groups in total. The monoisotopic (exact) mass is 493 g/mol. The molecule has 0 bridgehead atoms. The number of allylic oxidation sites excluding steroid dienone is 3. The van der Waals surface area contributed by atoms with Crippen molar-refractivity contribution < 1.29 is 5.11 Å². The molecule has 4 unspecified atom stereocenters. The minimum Gasteiger partial charge on any atom is -0.508 e. The van der Waals surface area contributed by atoms with Crippen molar-refractivity contribution >= 4 is 13.3 Å². The van der Waals surface area contributed by atoms with Gasteiger partial charge in [0, 0.05) is 6.04 Å². The highest BCUT2D eigenvalue weighted by molar-refractivity contribution is 6.93. The molecule has 2 aliphatic carbocycles. The topological polar surface area (TPSA) is 23.5 Å².